The van der Waals surface area contributed by atoms with Crippen molar-refractivity contribution in [2.75, 3.05) is 23.4 Å². The first-order valence-electron chi connectivity index (χ1n) is 7.85. The average molecular weight is 337 g/mol. The minimum Gasteiger partial charge on any atom is -0.494 e. The SMILES string of the molecule is CCOc1ccc(NC(=O)CN(C(C)=O)c2ccccc2C#N)cc1. The summed E-state index contributed by atoms with van der Waals surface area (Å²) in [6.45, 7) is 3.64. The summed E-state index contributed by atoms with van der Waals surface area (Å²) in [5.74, 6) is 0.0467. The first-order valence-corrected chi connectivity index (χ1v) is 7.85. The highest BCUT2D eigenvalue weighted by Gasteiger charge is 2.18. The molecule has 0 aliphatic carbocycles. The Balaban J connectivity index is 2.10. The lowest BCUT2D eigenvalue weighted by Gasteiger charge is -2.21. The third kappa shape index (κ3) is 4.82. The highest BCUT2D eigenvalue weighted by Crippen LogP contribution is 2.20. The van der Waals surface area contributed by atoms with Crippen LogP contribution < -0.4 is 15.0 Å². The molecule has 0 aliphatic heterocycles. The number of benzene rings is 2. The Bertz CT molecular complexity index is 794. The van der Waals surface area contributed by atoms with Crippen molar-refractivity contribution in [1.82, 2.24) is 0 Å². The quantitative estimate of drug-likeness (QED) is 0.878. The molecule has 0 aliphatic rings. The van der Waals surface area contributed by atoms with Crippen LogP contribution in [0.4, 0.5) is 11.4 Å². The zero-order chi connectivity index (χ0) is 18.2. The van der Waals surface area contributed by atoms with Gasteiger partial charge < -0.3 is 15.0 Å². The Hall–Kier alpha value is -3.33. The number of nitrogens with zero attached hydrogens (tertiary/aromatic N) is 2. The largest absolute Gasteiger partial charge is 0.494 e. The van der Waals surface area contributed by atoms with Gasteiger partial charge in [0.25, 0.3) is 0 Å². The molecular weight excluding hydrogens is 318 g/mol. The van der Waals surface area contributed by atoms with Gasteiger partial charge in [-0.05, 0) is 43.3 Å². The fraction of sp³-hybridized carbons (Fsp3) is 0.211. The van der Waals surface area contributed by atoms with Crippen molar-refractivity contribution in [3.63, 3.8) is 0 Å². The molecule has 128 valence electrons. The number of rotatable bonds is 6. The normalized spacial score (nSPS) is 9.80. The van der Waals surface area contributed by atoms with E-state index in [2.05, 4.69) is 5.32 Å². The van der Waals surface area contributed by atoms with Gasteiger partial charge in [0.1, 0.15) is 18.4 Å². The molecule has 2 aromatic carbocycles. The summed E-state index contributed by atoms with van der Waals surface area (Å²) in [5, 5.41) is 11.9. The van der Waals surface area contributed by atoms with Crippen LogP contribution in [0.15, 0.2) is 48.5 Å². The molecule has 0 saturated carbocycles. The summed E-state index contributed by atoms with van der Waals surface area (Å²) in [7, 11) is 0. The Labute approximate surface area is 146 Å². The van der Waals surface area contributed by atoms with Gasteiger partial charge in [0, 0.05) is 12.6 Å². The lowest BCUT2D eigenvalue weighted by Crippen LogP contribution is -2.37. The highest BCUT2D eigenvalue weighted by atomic mass is 16.5. The van der Waals surface area contributed by atoms with Gasteiger partial charge in [0.05, 0.1) is 17.9 Å². The van der Waals surface area contributed by atoms with E-state index in [1.54, 1.807) is 48.5 Å². The van der Waals surface area contributed by atoms with Crippen molar-refractivity contribution >= 4 is 23.2 Å². The van der Waals surface area contributed by atoms with Crippen molar-refractivity contribution in [2.24, 2.45) is 0 Å². The van der Waals surface area contributed by atoms with Gasteiger partial charge in [-0.2, -0.15) is 5.26 Å². The molecule has 2 rings (SSSR count). The highest BCUT2D eigenvalue weighted by molar-refractivity contribution is 6.02. The van der Waals surface area contributed by atoms with Crippen molar-refractivity contribution in [3.8, 4) is 11.8 Å². The lowest BCUT2D eigenvalue weighted by atomic mass is 10.1. The van der Waals surface area contributed by atoms with Crippen molar-refractivity contribution in [2.45, 2.75) is 13.8 Å². The number of nitriles is 1. The second-order valence-corrected chi connectivity index (χ2v) is 5.24. The summed E-state index contributed by atoms with van der Waals surface area (Å²) < 4.78 is 5.35. The molecule has 6 nitrogen and oxygen atoms in total. The third-order valence-corrected chi connectivity index (χ3v) is 3.45. The molecule has 0 spiro atoms. The van der Waals surface area contributed by atoms with Crippen LogP contribution in [0, 0.1) is 11.3 Å². The molecule has 0 heterocycles. The van der Waals surface area contributed by atoms with Crippen LogP contribution in [0.5, 0.6) is 5.75 Å². The molecule has 0 saturated heterocycles. The number of amides is 2. The Morgan fingerprint density at radius 3 is 2.44 bits per heavy atom. The molecule has 0 fully saturated rings. The standard InChI is InChI=1S/C19H19N3O3/c1-3-25-17-10-8-16(9-11-17)21-19(24)13-22(14(2)23)18-7-5-4-6-15(18)12-20/h4-11H,3,13H2,1-2H3,(H,21,24). The fourth-order valence-corrected chi connectivity index (χ4v) is 2.31. The zero-order valence-electron chi connectivity index (χ0n) is 14.2. The summed E-state index contributed by atoms with van der Waals surface area (Å²) in [4.78, 5) is 25.5. The molecule has 0 bridgehead atoms. The lowest BCUT2D eigenvalue weighted by molar-refractivity contribution is -0.120. The molecule has 6 heteroatoms. The molecule has 0 aromatic heterocycles. The summed E-state index contributed by atoms with van der Waals surface area (Å²) in [5.41, 5.74) is 1.36. The Kier molecular flexibility index (Phi) is 6.13. The number of hydrogen-bond acceptors (Lipinski definition) is 4. The smallest absolute Gasteiger partial charge is 0.244 e. The van der Waals surface area contributed by atoms with Crippen LogP contribution >= 0.6 is 0 Å². The Morgan fingerprint density at radius 1 is 1.16 bits per heavy atom. The Morgan fingerprint density at radius 2 is 1.84 bits per heavy atom. The maximum absolute atomic E-state index is 12.3. The molecular formula is C19H19N3O3. The van der Waals surface area contributed by atoms with Crippen LogP contribution in [-0.2, 0) is 9.59 Å². The van der Waals surface area contributed by atoms with Crippen molar-refractivity contribution in [1.29, 1.82) is 5.26 Å². The fourth-order valence-electron chi connectivity index (χ4n) is 2.31. The minimum atomic E-state index is -0.355. The van der Waals surface area contributed by atoms with Crippen LogP contribution in [0.2, 0.25) is 0 Å². The number of hydrogen-bond donors (Lipinski definition) is 1. The van der Waals surface area contributed by atoms with E-state index in [1.807, 2.05) is 13.0 Å². The van der Waals surface area contributed by atoms with Gasteiger partial charge in [0.2, 0.25) is 11.8 Å². The molecule has 0 radical (unpaired) electrons. The van der Waals surface area contributed by atoms with E-state index in [0.717, 1.165) is 0 Å². The first-order chi connectivity index (χ1) is 12.0. The summed E-state index contributed by atoms with van der Waals surface area (Å²) in [6, 6.07) is 15.7. The summed E-state index contributed by atoms with van der Waals surface area (Å²) >= 11 is 0. The predicted octanol–water partition coefficient (Wildman–Crippen LogP) is 2.95. The monoisotopic (exact) mass is 337 g/mol. The van der Waals surface area contributed by atoms with Crippen LogP contribution in [0.3, 0.4) is 0 Å². The molecule has 0 unspecified atom stereocenters. The molecule has 0 atom stereocenters. The number of carbonyl (C=O) groups excluding carboxylic acids is 2. The van der Waals surface area contributed by atoms with E-state index in [9.17, 15) is 14.9 Å². The van der Waals surface area contributed by atoms with E-state index in [4.69, 9.17) is 4.74 Å². The zero-order valence-corrected chi connectivity index (χ0v) is 14.2. The second-order valence-electron chi connectivity index (χ2n) is 5.24. The maximum atomic E-state index is 12.3. The van der Waals surface area contributed by atoms with Crippen LogP contribution in [-0.4, -0.2) is 25.0 Å². The molecule has 25 heavy (non-hydrogen) atoms. The molecule has 2 aromatic rings. The van der Waals surface area contributed by atoms with E-state index < -0.39 is 0 Å². The van der Waals surface area contributed by atoms with E-state index in [0.29, 0.717) is 29.3 Å². The van der Waals surface area contributed by atoms with Gasteiger partial charge in [-0.3, -0.25) is 9.59 Å². The maximum Gasteiger partial charge on any atom is 0.244 e. The third-order valence-electron chi connectivity index (χ3n) is 3.45. The average Bonchev–Trinajstić information content (AvgIpc) is 2.61. The van der Waals surface area contributed by atoms with E-state index in [1.165, 1.54) is 11.8 Å². The van der Waals surface area contributed by atoms with Crippen molar-refractivity contribution < 1.29 is 14.3 Å². The van der Waals surface area contributed by atoms with Gasteiger partial charge in [-0.25, -0.2) is 0 Å². The van der Waals surface area contributed by atoms with Crippen molar-refractivity contribution in [3.05, 3.63) is 54.1 Å². The van der Waals surface area contributed by atoms with Gasteiger partial charge >= 0.3 is 0 Å². The number of para-hydroxylation sites is 1. The minimum absolute atomic E-state index is 0.179. The van der Waals surface area contributed by atoms with Gasteiger partial charge in [-0.15, -0.1) is 0 Å². The number of nitrogens with one attached hydrogen (secondary N) is 1. The second kappa shape index (κ2) is 8.50. The first kappa shape index (κ1) is 18.0. The number of carbonyl (C=O) groups is 2. The van der Waals surface area contributed by atoms with Crippen LogP contribution in [0.25, 0.3) is 0 Å². The molecule has 1 N–H and O–H groups in total. The topological polar surface area (TPSA) is 82.4 Å². The van der Waals surface area contributed by atoms with E-state index in [-0.39, 0.29) is 18.4 Å². The number of ether oxygens (including phenoxy) is 1. The van der Waals surface area contributed by atoms with E-state index >= 15 is 0 Å². The summed E-state index contributed by atoms with van der Waals surface area (Å²) in [6.07, 6.45) is 0. The van der Waals surface area contributed by atoms with Crippen LogP contribution in [0.1, 0.15) is 19.4 Å². The van der Waals surface area contributed by atoms with Gasteiger partial charge in [0.15, 0.2) is 0 Å². The predicted molar refractivity (Wildman–Crippen MR) is 95.4 cm³/mol. The van der Waals surface area contributed by atoms with Gasteiger partial charge in [-0.1, -0.05) is 12.1 Å². The molecule has 2 amide bonds. The number of anilines is 2.